The van der Waals surface area contributed by atoms with Crippen LogP contribution in [0.1, 0.15) is 51.1 Å². The molecule has 1 atom stereocenters. The molecule has 1 aromatic rings. The molecule has 0 radical (unpaired) electrons. The van der Waals surface area contributed by atoms with Crippen LogP contribution in [0.25, 0.3) is 0 Å². The summed E-state index contributed by atoms with van der Waals surface area (Å²) < 4.78 is 26.3. The molecule has 4 amide bonds. The molecule has 9 heteroatoms. The average Bonchev–Trinajstić information content (AvgIpc) is 2.89. The fourth-order valence-corrected chi connectivity index (χ4v) is 3.63. The van der Waals surface area contributed by atoms with Gasteiger partial charge < -0.3 is 10.6 Å². The van der Waals surface area contributed by atoms with Gasteiger partial charge in [0.2, 0.25) is 0 Å². The van der Waals surface area contributed by atoms with Crippen LogP contribution >= 0.6 is 0 Å². The van der Waals surface area contributed by atoms with Crippen LogP contribution in [0.15, 0.2) is 18.2 Å². The number of nitrogens with zero attached hydrogens (tertiary/aromatic N) is 1. The molecule has 1 aromatic carbocycles. The molecule has 1 saturated carbocycles. The van der Waals surface area contributed by atoms with Crippen LogP contribution in [-0.4, -0.2) is 34.9 Å². The van der Waals surface area contributed by atoms with E-state index in [-0.39, 0.29) is 6.54 Å². The highest BCUT2D eigenvalue weighted by atomic mass is 19.2. The van der Waals surface area contributed by atoms with E-state index in [9.17, 15) is 23.2 Å². The number of carbonyl (C=O) groups is 3. The van der Waals surface area contributed by atoms with Gasteiger partial charge in [0, 0.05) is 6.04 Å². The zero-order valence-electron chi connectivity index (χ0n) is 15.9. The molecular formula is C19H24F2N4O3. The summed E-state index contributed by atoms with van der Waals surface area (Å²) in [6, 6.07) is 2.41. The summed E-state index contributed by atoms with van der Waals surface area (Å²) in [5, 5.41) is 6.32. The first-order valence-electron chi connectivity index (χ1n) is 9.36. The minimum Gasteiger partial charge on any atom is -0.322 e. The molecule has 3 rings (SSSR count). The molecule has 1 aliphatic heterocycles. The number of nitrogens with one attached hydrogen (secondary N) is 3. The van der Waals surface area contributed by atoms with Gasteiger partial charge in [0.05, 0.1) is 6.54 Å². The topological polar surface area (TPSA) is 90.5 Å². The van der Waals surface area contributed by atoms with Crippen molar-refractivity contribution in [1.82, 2.24) is 21.1 Å². The molecule has 3 N–H and O–H groups in total. The van der Waals surface area contributed by atoms with Crippen LogP contribution in [0.2, 0.25) is 0 Å². The van der Waals surface area contributed by atoms with Gasteiger partial charge in [-0.25, -0.2) is 13.6 Å². The summed E-state index contributed by atoms with van der Waals surface area (Å²) >= 11 is 0. The van der Waals surface area contributed by atoms with Crippen LogP contribution in [0.4, 0.5) is 13.6 Å². The SMILES string of the molecule is CC1CCC2(CC1)NC(=O)N(NC(=O)CN[C@H](C)c1ccc(F)c(F)c1)C2=O. The summed E-state index contributed by atoms with van der Waals surface area (Å²) in [5.74, 6) is -2.44. The number of rotatable bonds is 5. The smallest absolute Gasteiger partial charge is 0.322 e. The molecule has 7 nitrogen and oxygen atoms in total. The van der Waals surface area contributed by atoms with Gasteiger partial charge in [-0.3, -0.25) is 15.0 Å². The zero-order valence-corrected chi connectivity index (χ0v) is 15.9. The van der Waals surface area contributed by atoms with Gasteiger partial charge in [0.1, 0.15) is 5.54 Å². The highest BCUT2D eigenvalue weighted by molar-refractivity contribution is 6.08. The number of hydrogen-bond donors (Lipinski definition) is 3. The second-order valence-electron chi connectivity index (χ2n) is 7.65. The maximum atomic E-state index is 13.3. The Labute approximate surface area is 161 Å². The number of imide groups is 1. The summed E-state index contributed by atoms with van der Waals surface area (Å²) in [6.07, 6.45) is 2.77. The number of halogens is 2. The molecule has 2 fully saturated rings. The third-order valence-electron chi connectivity index (χ3n) is 5.54. The Hall–Kier alpha value is -2.55. The van der Waals surface area contributed by atoms with Crippen molar-refractivity contribution in [2.75, 3.05) is 6.54 Å². The second kappa shape index (κ2) is 7.83. The Balaban J connectivity index is 1.55. The van der Waals surface area contributed by atoms with E-state index in [0.29, 0.717) is 24.3 Å². The molecule has 152 valence electrons. The van der Waals surface area contributed by atoms with Crippen molar-refractivity contribution in [3.05, 3.63) is 35.4 Å². The zero-order chi connectivity index (χ0) is 20.5. The van der Waals surface area contributed by atoms with E-state index >= 15 is 0 Å². The Morgan fingerprint density at radius 1 is 1.29 bits per heavy atom. The quantitative estimate of drug-likeness (QED) is 0.668. The molecule has 1 saturated heterocycles. The first-order valence-corrected chi connectivity index (χ1v) is 9.36. The van der Waals surface area contributed by atoms with Crippen molar-refractivity contribution < 1.29 is 23.2 Å². The average molecular weight is 394 g/mol. The molecule has 0 aromatic heterocycles. The summed E-state index contributed by atoms with van der Waals surface area (Å²) in [7, 11) is 0. The van der Waals surface area contributed by atoms with E-state index in [1.807, 2.05) is 0 Å². The van der Waals surface area contributed by atoms with Crippen LogP contribution in [0.3, 0.4) is 0 Å². The van der Waals surface area contributed by atoms with E-state index in [4.69, 9.17) is 0 Å². The van der Waals surface area contributed by atoms with Crippen molar-refractivity contribution in [2.45, 2.75) is 51.1 Å². The number of hydrazine groups is 1. The highest BCUT2D eigenvalue weighted by Crippen LogP contribution is 2.35. The van der Waals surface area contributed by atoms with Crippen molar-refractivity contribution in [2.24, 2.45) is 5.92 Å². The predicted octanol–water partition coefficient (Wildman–Crippen LogP) is 2.15. The van der Waals surface area contributed by atoms with Crippen LogP contribution in [-0.2, 0) is 9.59 Å². The van der Waals surface area contributed by atoms with Crippen LogP contribution in [0, 0.1) is 17.6 Å². The van der Waals surface area contributed by atoms with Crippen LogP contribution < -0.4 is 16.1 Å². The number of carbonyl (C=O) groups excluding carboxylic acids is 3. The van der Waals surface area contributed by atoms with Crippen molar-refractivity contribution >= 4 is 17.8 Å². The lowest BCUT2D eigenvalue weighted by Gasteiger charge is -2.33. The maximum Gasteiger partial charge on any atom is 0.344 e. The lowest BCUT2D eigenvalue weighted by atomic mass is 9.77. The first kappa shape index (κ1) is 20.2. The van der Waals surface area contributed by atoms with E-state index in [2.05, 4.69) is 23.0 Å². The third-order valence-corrected chi connectivity index (χ3v) is 5.54. The summed E-state index contributed by atoms with van der Waals surface area (Å²) in [4.78, 5) is 37.1. The number of benzene rings is 1. The number of urea groups is 1. The highest BCUT2D eigenvalue weighted by Gasteiger charge is 2.52. The minimum atomic E-state index is -0.970. The molecule has 1 heterocycles. The van der Waals surface area contributed by atoms with Crippen molar-refractivity contribution in [3.8, 4) is 0 Å². The Morgan fingerprint density at radius 2 is 1.96 bits per heavy atom. The van der Waals surface area contributed by atoms with E-state index in [0.717, 1.165) is 30.0 Å². The number of amides is 4. The van der Waals surface area contributed by atoms with Gasteiger partial charge in [-0.1, -0.05) is 13.0 Å². The van der Waals surface area contributed by atoms with E-state index in [1.54, 1.807) is 6.92 Å². The van der Waals surface area contributed by atoms with Gasteiger partial charge in [0.25, 0.3) is 11.8 Å². The van der Waals surface area contributed by atoms with E-state index in [1.165, 1.54) is 6.07 Å². The molecule has 0 bridgehead atoms. The largest absolute Gasteiger partial charge is 0.344 e. The second-order valence-corrected chi connectivity index (χ2v) is 7.65. The molecule has 28 heavy (non-hydrogen) atoms. The van der Waals surface area contributed by atoms with Gasteiger partial charge in [0.15, 0.2) is 11.6 Å². The molecule has 2 aliphatic rings. The fraction of sp³-hybridized carbons (Fsp3) is 0.526. The monoisotopic (exact) mass is 394 g/mol. The molecular weight excluding hydrogens is 370 g/mol. The minimum absolute atomic E-state index is 0.207. The van der Waals surface area contributed by atoms with Gasteiger partial charge in [-0.15, -0.1) is 0 Å². The standard InChI is InChI=1S/C19H24F2N4O3/c1-11-5-7-19(8-6-11)17(27)25(18(28)23-19)24-16(26)10-22-12(2)13-3-4-14(20)15(21)9-13/h3-4,9,11-12,22H,5-8,10H2,1-2H3,(H,23,28)(H,24,26)/t11?,12-,19?/m1/s1. The predicted molar refractivity (Wildman–Crippen MR) is 96.7 cm³/mol. The van der Waals surface area contributed by atoms with E-state index < -0.39 is 41.1 Å². The lowest BCUT2D eigenvalue weighted by molar-refractivity contribution is -0.139. The van der Waals surface area contributed by atoms with Crippen molar-refractivity contribution in [1.29, 1.82) is 0 Å². The summed E-state index contributed by atoms with van der Waals surface area (Å²) in [6.45, 7) is 3.58. The van der Waals surface area contributed by atoms with Gasteiger partial charge >= 0.3 is 6.03 Å². The van der Waals surface area contributed by atoms with Gasteiger partial charge in [-0.2, -0.15) is 5.01 Å². The Kier molecular flexibility index (Phi) is 5.64. The lowest BCUT2D eigenvalue weighted by Crippen LogP contribution is -2.52. The Bertz CT molecular complexity index is 793. The van der Waals surface area contributed by atoms with Gasteiger partial charge in [-0.05, 0) is 56.2 Å². The molecule has 1 aliphatic carbocycles. The van der Waals surface area contributed by atoms with Crippen LogP contribution in [0.5, 0.6) is 0 Å². The normalized spacial score (nSPS) is 25.7. The first-order chi connectivity index (χ1) is 13.2. The molecule has 1 spiro atoms. The fourth-order valence-electron chi connectivity index (χ4n) is 3.63. The van der Waals surface area contributed by atoms with Crippen molar-refractivity contribution in [3.63, 3.8) is 0 Å². The Morgan fingerprint density at radius 3 is 2.61 bits per heavy atom. The number of hydrogen-bond acceptors (Lipinski definition) is 4. The summed E-state index contributed by atoms with van der Waals surface area (Å²) in [5.41, 5.74) is 1.87. The third kappa shape index (κ3) is 3.99. The maximum absolute atomic E-state index is 13.3. The molecule has 0 unspecified atom stereocenters.